The van der Waals surface area contributed by atoms with Crippen LogP contribution in [0.5, 0.6) is 0 Å². The maximum Gasteiger partial charge on any atom is 4.00 e. The van der Waals surface area contributed by atoms with Gasteiger partial charge in [0.2, 0.25) is 0 Å². The zero-order valence-corrected chi connectivity index (χ0v) is 12.9. The number of hydrogen-bond donors (Lipinski definition) is 0. The average molecular weight is 452 g/mol. The van der Waals surface area contributed by atoms with Crippen molar-refractivity contribution < 1.29 is 137 Å². The summed E-state index contributed by atoms with van der Waals surface area (Å²) in [7, 11) is 0. The molecule has 0 bridgehead atoms. The van der Waals surface area contributed by atoms with E-state index in [-0.39, 0.29) is 137 Å². The second-order valence-corrected chi connectivity index (χ2v) is 0. The molecule has 0 aliphatic rings. The molecule has 0 saturated heterocycles. The van der Waals surface area contributed by atoms with Crippen molar-refractivity contribution >= 4 is 0 Å². The van der Waals surface area contributed by atoms with Gasteiger partial charge in [0, 0.05) is 0 Å². The minimum absolute atomic E-state index is 0. The minimum atomic E-state index is 0. The summed E-state index contributed by atoms with van der Waals surface area (Å²) in [5.41, 5.74) is 0. The van der Waals surface area contributed by atoms with Crippen LogP contribution in [0.4, 0.5) is 0 Å². The van der Waals surface area contributed by atoms with Crippen molar-refractivity contribution in [2.24, 2.45) is 0 Å². The van der Waals surface area contributed by atoms with Gasteiger partial charge in [-0.1, -0.05) is 0 Å². The molecule has 8 heavy (non-hydrogen) atoms. The Morgan fingerprint density at radius 3 is 0.500 bits per heavy atom. The van der Waals surface area contributed by atoms with E-state index < -0.39 is 0 Å². The Kier molecular flexibility index (Phi) is 1050. The summed E-state index contributed by atoms with van der Waals surface area (Å²) in [6.07, 6.45) is 0. The van der Waals surface area contributed by atoms with E-state index in [0.29, 0.717) is 0 Å². The fourth-order valence-corrected chi connectivity index (χ4v) is 0. The molecular weight excluding hydrogens is 452 g/mol. The van der Waals surface area contributed by atoms with Crippen molar-refractivity contribution in [2.75, 3.05) is 0 Å². The maximum atomic E-state index is 0. The van der Waals surface area contributed by atoms with Crippen LogP contribution in [-0.4, -0.2) is 0 Å². The third kappa shape index (κ3) is 57.1. The van der Waals surface area contributed by atoms with Crippen LogP contribution in [0.2, 0.25) is 0 Å². The van der Waals surface area contributed by atoms with Crippen LogP contribution < -0.4 is 0 Å². The molecule has 8 heteroatoms. The van der Waals surface area contributed by atoms with E-state index in [1.165, 1.54) is 0 Å². The number of hydrogen-bond acceptors (Lipinski definition) is 0. The van der Waals surface area contributed by atoms with E-state index >= 15 is 0 Å². The molecule has 41 valence electrons. The van der Waals surface area contributed by atoms with Crippen LogP contribution in [-0.2, 0) is 53.6 Å². The first kappa shape index (κ1) is 106. The average Bonchev–Trinajstić information content (AvgIpc) is 0. The molecule has 0 heterocycles. The molecule has 0 aliphatic carbocycles. The molecule has 0 aromatic rings. The van der Waals surface area contributed by atoms with E-state index in [1.54, 1.807) is 0 Å². The number of rotatable bonds is 0. The molecule has 0 aromatic carbocycles. The summed E-state index contributed by atoms with van der Waals surface area (Å²) in [4.78, 5) is 0. The quantitative estimate of drug-likeness (QED) is 0.463. The van der Waals surface area contributed by atoms with Gasteiger partial charge in [0.15, 0.2) is 0 Å². The van der Waals surface area contributed by atoms with Gasteiger partial charge in [-0.15, -0.1) is 0 Å². The Labute approximate surface area is 133 Å². The van der Waals surface area contributed by atoms with Gasteiger partial charge in [0.05, 0.1) is 0 Å². The molecule has 0 unspecified atom stereocenters. The normalized spacial score (nSPS) is 0. The fraction of sp³-hybridized carbons (Fsp3) is 0. The first-order valence-electron chi connectivity index (χ1n) is 0. The van der Waals surface area contributed by atoms with E-state index in [0.717, 1.165) is 0 Å². The Balaban J connectivity index is 0. The summed E-state index contributed by atoms with van der Waals surface area (Å²) in [6.45, 7) is 0. The van der Waals surface area contributed by atoms with Crippen LogP contribution in [0.3, 0.4) is 0 Å². The van der Waals surface area contributed by atoms with Gasteiger partial charge in [-0.05, 0) is 0 Å². The molecular formula is CeO5PrZr. The SMILES string of the molecule is [Ce+3].[O-2].[O-2].[O-2].[O-2].[O-2].[Pr+3].[Zr+4]. The molecule has 0 spiro atoms. The second kappa shape index (κ2) is 79.0. The third-order valence-corrected chi connectivity index (χ3v) is 0. The van der Waals surface area contributed by atoms with Gasteiger partial charge in [0.25, 0.3) is 0 Å². The molecule has 0 saturated carbocycles. The first-order chi connectivity index (χ1) is 0. The predicted octanol–water partition coefficient (Wildman–Crippen LogP) is -0.596. The van der Waals surface area contributed by atoms with Crippen LogP contribution in [0.15, 0.2) is 0 Å². The molecule has 0 rings (SSSR count). The molecule has 0 aromatic heterocycles. The van der Waals surface area contributed by atoms with Crippen molar-refractivity contribution in [1.82, 2.24) is 0 Å². The van der Waals surface area contributed by atoms with E-state index in [2.05, 4.69) is 0 Å². The summed E-state index contributed by atoms with van der Waals surface area (Å²) in [5.74, 6) is 0. The van der Waals surface area contributed by atoms with E-state index in [1.807, 2.05) is 0 Å². The van der Waals surface area contributed by atoms with E-state index in [4.69, 9.17) is 0 Å². The van der Waals surface area contributed by atoms with Gasteiger partial charge >= 0.3 is 109 Å². The Morgan fingerprint density at radius 2 is 0.500 bits per heavy atom. The van der Waals surface area contributed by atoms with Gasteiger partial charge in [0.1, 0.15) is 0 Å². The van der Waals surface area contributed by atoms with Crippen molar-refractivity contribution in [1.29, 1.82) is 0 Å². The van der Waals surface area contributed by atoms with Gasteiger partial charge in [-0.2, -0.15) is 0 Å². The zero-order valence-electron chi connectivity index (χ0n) is 3.62. The summed E-state index contributed by atoms with van der Waals surface area (Å²) >= 11 is 0. The Hall–Kier alpha value is 3.42. The van der Waals surface area contributed by atoms with Crippen LogP contribution in [0.1, 0.15) is 0 Å². The standard InChI is InChI=1S/Ce.5O.Pr.Zr/q+3;5*-2;+3;+4. The smallest absolute Gasteiger partial charge is 2.00 e. The van der Waals surface area contributed by atoms with Crippen molar-refractivity contribution in [3.8, 4) is 0 Å². The Bertz CT molecular complexity index is 12.4. The third-order valence-electron chi connectivity index (χ3n) is 0. The van der Waals surface area contributed by atoms with Crippen molar-refractivity contribution in [2.45, 2.75) is 0 Å². The molecule has 0 amide bonds. The van der Waals surface area contributed by atoms with Crippen LogP contribution in [0, 0.1) is 83.0 Å². The minimum Gasteiger partial charge on any atom is -2.00 e. The van der Waals surface area contributed by atoms with Crippen LogP contribution >= 0.6 is 0 Å². The monoisotopic (exact) mass is 451 g/mol. The molecule has 0 fully saturated rings. The topological polar surface area (TPSA) is 142 Å². The second-order valence-electron chi connectivity index (χ2n) is 0. The first-order valence-corrected chi connectivity index (χ1v) is 0. The summed E-state index contributed by atoms with van der Waals surface area (Å²) in [6, 6.07) is 0. The van der Waals surface area contributed by atoms with Gasteiger partial charge in [-0.3, -0.25) is 0 Å². The zero-order chi connectivity index (χ0) is 0. The summed E-state index contributed by atoms with van der Waals surface area (Å²) in [5, 5.41) is 0. The van der Waals surface area contributed by atoms with Crippen LogP contribution in [0.25, 0.3) is 0 Å². The fourth-order valence-electron chi connectivity index (χ4n) is 0. The van der Waals surface area contributed by atoms with Gasteiger partial charge < -0.3 is 27.4 Å². The molecule has 0 aliphatic heterocycles. The Morgan fingerprint density at radius 1 is 0.500 bits per heavy atom. The van der Waals surface area contributed by atoms with E-state index in [9.17, 15) is 0 Å². The van der Waals surface area contributed by atoms with Gasteiger partial charge in [-0.25, -0.2) is 0 Å². The molecule has 1 radical (unpaired) electrons. The largest absolute Gasteiger partial charge is 4.00 e. The predicted molar refractivity (Wildman–Crippen MR) is 3.43 cm³/mol. The van der Waals surface area contributed by atoms with Crippen molar-refractivity contribution in [3.05, 3.63) is 0 Å². The van der Waals surface area contributed by atoms with Crippen molar-refractivity contribution in [3.63, 3.8) is 0 Å². The maximum absolute atomic E-state index is 0. The molecule has 5 nitrogen and oxygen atoms in total. The molecule has 0 N–H and O–H groups in total. The molecule has 0 atom stereocenters. The summed E-state index contributed by atoms with van der Waals surface area (Å²) < 4.78 is 0.